The number of nitrogens with one attached hydrogen (secondary N) is 1. The van der Waals surface area contributed by atoms with Crippen LogP contribution < -0.4 is 10.1 Å². The minimum absolute atomic E-state index is 0.0872. The summed E-state index contributed by atoms with van der Waals surface area (Å²) in [4.78, 5) is 12.6. The third-order valence-electron chi connectivity index (χ3n) is 3.62. The van der Waals surface area contributed by atoms with Crippen molar-refractivity contribution < 1.29 is 9.53 Å². The summed E-state index contributed by atoms with van der Waals surface area (Å²) >= 11 is 5.86. The molecule has 0 aliphatic heterocycles. The zero-order valence-electron chi connectivity index (χ0n) is 15.0. The molecule has 0 unspecified atom stereocenters. The SMILES string of the molecule is Cn1nc(C(C)(C)C)cc1NC(=O)C(C)(C)Oc1ccc(Cl)cc1. The summed E-state index contributed by atoms with van der Waals surface area (Å²) in [6.45, 7) is 9.67. The van der Waals surface area contributed by atoms with Crippen LogP contribution in [0.4, 0.5) is 5.82 Å². The van der Waals surface area contributed by atoms with E-state index in [1.54, 1.807) is 49.8 Å². The molecule has 0 spiro atoms. The lowest BCUT2D eigenvalue weighted by atomic mass is 9.92. The summed E-state index contributed by atoms with van der Waals surface area (Å²) in [7, 11) is 1.80. The van der Waals surface area contributed by atoms with Gasteiger partial charge < -0.3 is 10.1 Å². The van der Waals surface area contributed by atoms with Crippen LogP contribution in [-0.4, -0.2) is 21.3 Å². The Hall–Kier alpha value is -2.01. The van der Waals surface area contributed by atoms with Crippen molar-refractivity contribution in [1.29, 1.82) is 0 Å². The zero-order valence-corrected chi connectivity index (χ0v) is 15.7. The highest BCUT2D eigenvalue weighted by Crippen LogP contribution is 2.25. The molecule has 0 bridgehead atoms. The fourth-order valence-corrected chi connectivity index (χ4v) is 2.19. The number of amides is 1. The van der Waals surface area contributed by atoms with Gasteiger partial charge >= 0.3 is 0 Å². The topological polar surface area (TPSA) is 56.2 Å². The lowest BCUT2D eigenvalue weighted by Crippen LogP contribution is -2.42. The lowest BCUT2D eigenvalue weighted by molar-refractivity contribution is -0.128. The molecule has 1 amide bonds. The molecule has 130 valence electrons. The van der Waals surface area contributed by atoms with Gasteiger partial charge in [0, 0.05) is 23.6 Å². The van der Waals surface area contributed by atoms with E-state index in [1.807, 2.05) is 6.07 Å². The van der Waals surface area contributed by atoms with Crippen LogP contribution in [0.25, 0.3) is 0 Å². The molecule has 24 heavy (non-hydrogen) atoms. The van der Waals surface area contributed by atoms with Crippen molar-refractivity contribution in [2.75, 3.05) is 5.32 Å². The molecule has 0 saturated heterocycles. The monoisotopic (exact) mass is 349 g/mol. The van der Waals surface area contributed by atoms with Gasteiger partial charge in [-0.1, -0.05) is 32.4 Å². The van der Waals surface area contributed by atoms with Crippen molar-refractivity contribution in [2.45, 2.75) is 45.6 Å². The van der Waals surface area contributed by atoms with E-state index in [0.717, 1.165) is 5.69 Å². The van der Waals surface area contributed by atoms with Crippen molar-refractivity contribution in [3.8, 4) is 5.75 Å². The third kappa shape index (κ3) is 4.29. The fourth-order valence-electron chi connectivity index (χ4n) is 2.06. The average molecular weight is 350 g/mol. The second kappa shape index (κ2) is 6.48. The molecule has 0 radical (unpaired) electrons. The molecule has 0 aliphatic carbocycles. The molecule has 1 heterocycles. The van der Waals surface area contributed by atoms with Crippen LogP contribution in [0.15, 0.2) is 30.3 Å². The van der Waals surface area contributed by atoms with Gasteiger partial charge in [0.1, 0.15) is 11.6 Å². The molecule has 2 rings (SSSR count). The predicted octanol–water partition coefficient (Wildman–Crippen LogP) is 4.17. The highest BCUT2D eigenvalue weighted by atomic mass is 35.5. The van der Waals surface area contributed by atoms with Gasteiger partial charge in [-0.05, 0) is 38.1 Å². The first-order valence-electron chi connectivity index (χ1n) is 7.79. The summed E-state index contributed by atoms with van der Waals surface area (Å²) in [5.41, 5.74) is -0.215. The Bertz CT molecular complexity index is 728. The van der Waals surface area contributed by atoms with Crippen LogP contribution >= 0.6 is 11.6 Å². The smallest absolute Gasteiger partial charge is 0.269 e. The van der Waals surface area contributed by atoms with Gasteiger partial charge in [-0.15, -0.1) is 0 Å². The molecular weight excluding hydrogens is 326 g/mol. The number of aromatic nitrogens is 2. The van der Waals surface area contributed by atoms with E-state index in [1.165, 1.54) is 0 Å². The summed E-state index contributed by atoms with van der Waals surface area (Å²) in [6, 6.07) is 8.80. The number of nitrogens with zero attached hydrogens (tertiary/aromatic N) is 2. The minimum atomic E-state index is -1.04. The van der Waals surface area contributed by atoms with E-state index < -0.39 is 5.60 Å². The van der Waals surface area contributed by atoms with Gasteiger partial charge in [-0.2, -0.15) is 5.10 Å². The summed E-state index contributed by atoms with van der Waals surface area (Å²) < 4.78 is 7.47. The van der Waals surface area contributed by atoms with Crippen LogP contribution in [0.1, 0.15) is 40.3 Å². The van der Waals surface area contributed by atoms with Crippen molar-refractivity contribution in [2.24, 2.45) is 7.05 Å². The summed E-state index contributed by atoms with van der Waals surface area (Å²) in [6.07, 6.45) is 0. The number of benzene rings is 1. The van der Waals surface area contributed by atoms with E-state index in [9.17, 15) is 4.79 Å². The quantitative estimate of drug-likeness (QED) is 0.901. The zero-order chi connectivity index (χ0) is 18.1. The second-order valence-electron chi connectivity index (χ2n) is 7.31. The van der Waals surface area contributed by atoms with Crippen molar-refractivity contribution in [3.63, 3.8) is 0 Å². The molecule has 0 fully saturated rings. The van der Waals surface area contributed by atoms with E-state index in [2.05, 4.69) is 31.2 Å². The number of carbonyl (C=O) groups is 1. The molecule has 6 heteroatoms. The van der Waals surface area contributed by atoms with E-state index >= 15 is 0 Å². The van der Waals surface area contributed by atoms with Crippen LogP contribution in [0.2, 0.25) is 5.02 Å². The second-order valence-corrected chi connectivity index (χ2v) is 7.75. The Labute approximate surface area is 148 Å². The molecule has 0 aliphatic rings. The van der Waals surface area contributed by atoms with Crippen LogP contribution in [0.5, 0.6) is 5.75 Å². The maximum atomic E-state index is 12.6. The Balaban J connectivity index is 2.13. The number of halogens is 1. The number of rotatable bonds is 4. The minimum Gasteiger partial charge on any atom is -0.478 e. The van der Waals surface area contributed by atoms with Gasteiger partial charge in [0.15, 0.2) is 5.60 Å². The average Bonchev–Trinajstić information content (AvgIpc) is 2.82. The van der Waals surface area contributed by atoms with Gasteiger partial charge in [-0.25, -0.2) is 0 Å². The van der Waals surface area contributed by atoms with Crippen molar-refractivity contribution in [3.05, 3.63) is 41.0 Å². The van der Waals surface area contributed by atoms with Crippen molar-refractivity contribution >= 4 is 23.3 Å². The first kappa shape index (κ1) is 18.3. The number of hydrogen-bond donors (Lipinski definition) is 1. The summed E-state index contributed by atoms with van der Waals surface area (Å²) in [5.74, 6) is 0.971. The number of aryl methyl sites for hydroxylation is 1. The maximum absolute atomic E-state index is 12.6. The van der Waals surface area contributed by atoms with Crippen molar-refractivity contribution in [1.82, 2.24) is 9.78 Å². The molecular formula is C18H24ClN3O2. The van der Waals surface area contributed by atoms with Gasteiger partial charge in [-0.3, -0.25) is 9.48 Å². The van der Waals surface area contributed by atoms with E-state index in [0.29, 0.717) is 16.6 Å². The molecule has 1 N–H and O–H groups in total. The Morgan fingerprint density at radius 1 is 1.17 bits per heavy atom. The summed E-state index contributed by atoms with van der Waals surface area (Å²) in [5, 5.41) is 7.96. The van der Waals surface area contributed by atoms with Crippen LogP contribution in [0, 0.1) is 0 Å². The fraction of sp³-hybridized carbons (Fsp3) is 0.444. The molecule has 5 nitrogen and oxygen atoms in total. The molecule has 1 aromatic carbocycles. The lowest BCUT2D eigenvalue weighted by Gasteiger charge is -2.25. The Kier molecular flexibility index (Phi) is 4.95. The van der Waals surface area contributed by atoms with Gasteiger partial charge in [0.2, 0.25) is 0 Å². The number of anilines is 1. The van der Waals surface area contributed by atoms with Gasteiger partial charge in [0.25, 0.3) is 5.91 Å². The highest BCUT2D eigenvalue weighted by Gasteiger charge is 2.31. The normalized spacial score (nSPS) is 12.1. The first-order valence-corrected chi connectivity index (χ1v) is 8.17. The molecule has 0 atom stereocenters. The first-order chi connectivity index (χ1) is 11.0. The molecule has 1 aromatic heterocycles. The highest BCUT2D eigenvalue weighted by molar-refractivity contribution is 6.30. The number of ether oxygens (including phenoxy) is 1. The largest absolute Gasteiger partial charge is 0.478 e. The van der Waals surface area contributed by atoms with E-state index in [4.69, 9.17) is 16.3 Å². The molecule has 2 aromatic rings. The number of hydrogen-bond acceptors (Lipinski definition) is 3. The maximum Gasteiger partial charge on any atom is 0.269 e. The standard InChI is InChI=1S/C18H24ClN3O2/c1-17(2,3)14-11-15(22(6)21-14)20-16(23)18(4,5)24-13-9-7-12(19)8-10-13/h7-11H,1-6H3,(H,20,23). The van der Waals surface area contributed by atoms with Gasteiger partial charge in [0.05, 0.1) is 5.69 Å². The predicted molar refractivity (Wildman–Crippen MR) is 96.7 cm³/mol. The Morgan fingerprint density at radius 2 is 1.75 bits per heavy atom. The van der Waals surface area contributed by atoms with Crippen LogP contribution in [0.3, 0.4) is 0 Å². The Morgan fingerprint density at radius 3 is 2.25 bits per heavy atom. The molecule has 0 saturated carbocycles. The van der Waals surface area contributed by atoms with E-state index in [-0.39, 0.29) is 11.3 Å². The number of carbonyl (C=O) groups excluding carboxylic acids is 1. The third-order valence-corrected chi connectivity index (χ3v) is 3.88. The van der Waals surface area contributed by atoms with Crippen LogP contribution in [-0.2, 0) is 17.3 Å².